The third-order valence-electron chi connectivity index (χ3n) is 1.34. The topological polar surface area (TPSA) is 41.6 Å². The molecular weight excluding hydrogens is 144 g/mol. The predicted octanol–water partition coefficient (Wildman–Crippen LogP) is 0.00580. The Balaban J connectivity index is 3.30. The number of rotatable bonds is 5. The number of nitrogens with zero attached hydrogens (tertiary/aromatic N) is 1. The molecule has 0 aromatic rings. The lowest BCUT2D eigenvalue weighted by Crippen LogP contribution is -2.32. The molecule has 0 aliphatic heterocycles. The van der Waals surface area contributed by atoms with Crippen LogP contribution in [0.3, 0.4) is 0 Å². The van der Waals surface area contributed by atoms with Gasteiger partial charge in [-0.15, -0.1) is 0 Å². The molecule has 0 unspecified atom stereocenters. The second kappa shape index (κ2) is 6.12. The second-order valence-corrected chi connectivity index (χ2v) is 2.20. The van der Waals surface area contributed by atoms with Gasteiger partial charge in [-0.1, -0.05) is 0 Å². The lowest BCUT2D eigenvalue weighted by Gasteiger charge is -2.13. The first-order chi connectivity index (χ1) is 5.20. The van der Waals surface area contributed by atoms with Crippen LogP contribution in [0.15, 0.2) is 0 Å². The Kier molecular flexibility index (Phi) is 5.78. The molecule has 0 saturated heterocycles. The van der Waals surface area contributed by atoms with E-state index in [2.05, 4.69) is 5.43 Å². The van der Waals surface area contributed by atoms with Crippen molar-refractivity contribution in [2.75, 3.05) is 27.2 Å². The van der Waals surface area contributed by atoms with Crippen LogP contribution in [0, 0.1) is 0 Å². The van der Waals surface area contributed by atoms with Gasteiger partial charge in [0.1, 0.15) is 0 Å². The van der Waals surface area contributed by atoms with E-state index in [0.717, 1.165) is 0 Å². The Morgan fingerprint density at radius 2 is 2.27 bits per heavy atom. The highest BCUT2D eigenvalue weighted by atomic mass is 16.5. The molecule has 0 aromatic heterocycles. The third-order valence-corrected chi connectivity index (χ3v) is 1.34. The monoisotopic (exact) mass is 160 g/mol. The first-order valence-corrected chi connectivity index (χ1v) is 3.74. The number of hydrazine groups is 1. The minimum Gasteiger partial charge on any atom is -0.466 e. The summed E-state index contributed by atoms with van der Waals surface area (Å²) in [6.45, 7) is 2.94. The van der Waals surface area contributed by atoms with Crippen LogP contribution < -0.4 is 5.43 Å². The molecule has 0 spiro atoms. The summed E-state index contributed by atoms with van der Waals surface area (Å²) in [5.74, 6) is -0.144. The highest BCUT2D eigenvalue weighted by Gasteiger charge is 2.02. The van der Waals surface area contributed by atoms with E-state index in [-0.39, 0.29) is 5.97 Å². The lowest BCUT2D eigenvalue weighted by molar-refractivity contribution is -0.143. The molecule has 11 heavy (non-hydrogen) atoms. The zero-order valence-corrected chi connectivity index (χ0v) is 7.39. The Labute approximate surface area is 67.5 Å². The van der Waals surface area contributed by atoms with Gasteiger partial charge in [0.2, 0.25) is 0 Å². The molecule has 0 fully saturated rings. The van der Waals surface area contributed by atoms with Gasteiger partial charge < -0.3 is 4.74 Å². The maximum atomic E-state index is 10.8. The van der Waals surface area contributed by atoms with Gasteiger partial charge in [-0.2, -0.15) is 0 Å². The molecule has 1 N–H and O–H groups in total. The van der Waals surface area contributed by atoms with E-state index in [9.17, 15) is 4.79 Å². The fraction of sp³-hybridized carbons (Fsp3) is 0.857. The summed E-state index contributed by atoms with van der Waals surface area (Å²) in [6.07, 6.45) is 0.436. The number of hydrogen-bond acceptors (Lipinski definition) is 4. The Morgan fingerprint density at radius 3 is 2.73 bits per heavy atom. The second-order valence-electron chi connectivity index (χ2n) is 2.20. The van der Waals surface area contributed by atoms with Gasteiger partial charge in [-0.25, -0.2) is 5.01 Å². The van der Waals surface area contributed by atoms with E-state index in [0.29, 0.717) is 19.6 Å². The van der Waals surface area contributed by atoms with Gasteiger partial charge in [0, 0.05) is 13.6 Å². The molecule has 0 aliphatic carbocycles. The number of ether oxygens (including phenoxy) is 1. The summed E-state index contributed by atoms with van der Waals surface area (Å²) in [7, 11) is 3.68. The minimum atomic E-state index is -0.144. The molecule has 4 heteroatoms. The van der Waals surface area contributed by atoms with E-state index in [4.69, 9.17) is 4.74 Å². The summed E-state index contributed by atoms with van der Waals surface area (Å²) in [5, 5.41) is 1.83. The van der Waals surface area contributed by atoms with Crippen LogP contribution in [0.4, 0.5) is 0 Å². The molecule has 0 heterocycles. The molecule has 0 atom stereocenters. The molecule has 66 valence electrons. The van der Waals surface area contributed by atoms with Gasteiger partial charge in [0.25, 0.3) is 0 Å². The van der Waals surface area contributed by atoms with Crippen LogP contribution in [0.2, 0.25) is 0 Å². The molecule has 0 saturated carbocycles. The molecule has 0 radical (unpaired) electrons. The highest BCUT2D eigenvalue weighted by Crippen LogP contribution is 1.87. The quantitative estimate of drug-likeness (QED) is 0.454. The summed E-state index contributed by atoms with van der Waals surface area (Å²) >= 11 is 0. The van der Waals surface area contributed by atoms with Crippen molar-refractivity contribution in [3.8, 4) is 0 Å². The van der Waals surface area contributed by atoms with Crippen molar-refractivity contribution >= 4 is 5.97 Å². The van der Waals surface area contributed by atoms with Gasteiger partial charge >= 0.3 is 5.97 Å². The van der Waals surface area contributed by atoms with Crippen LogP contribution in [0.1, 0.15) is 13.3 Å². The summed E-state index contributed by atoms with van der Waals surface area (Å²) in [4.78, 5) is 10.8. The van der Waals surface area contributed by atoms with Gasteiger partial charge in [0.15, 0.2) is 0 Å². The molecule has 0 rings (SSSR count). The zero-order valence-electron chi connectivity index (χ0n) is 7.39. The number of hydrogen-bond donors (Lipinski definition) is 1. The van der Waals surface area contributed by atoms with E-state index < -0.39 is 0 Å². The lowest BCUT2D eigenvalue weighted by atomic mass is 10.4. The average molecular weight is 160 g/mol. The maximum Gasteiger partial charge on any atom is 0.307 e. The van der Waals surface area contributed by atoms with Crippen LogP contribution in [-0.2, 0) is 9.53 Å². The zero-order chi connectivity index (χ0) is 8.69. The van der Waals surface area contributed by atoms with Crippen LogP contribution in [0.5, 0.6) is 0 Å². The predicted molar refractivity (Wildman–Crippen MR) is 42.9 cm³/mol. The van der Waals surface area contributed by atoms with Crippen molar-refractivity contribution in [2.24, 2.45) is 0 Å². The molecule has 0 aromatic carbocycles. The fourth-order valence-electron chi connectivity index (χ4n) is 0.604. The minimum absolute atomic E-state index is 0.144. The van der Waals surface area contributed by atoms with E-state index in [1.54, 1.807) is 6.92 Å². The Hall–Kier alpha value is -0.610. The summed E-state index contributed by atoms with van der Waals surface area (Å²) in [5.41, 5.74) is 2.89. The summed E-state index contributed by atoms with van der Waals surface area (Å²) in [6, 6.07) is 0. The largest absolute Gasteiger partial charge is 0.466 e. The van der Waals surface area contributed by atoms with Crippen molar-refractivity contribution in [3.63, 3.8) is 0 Å². The van der Waals surface area contributed by atoms with E-state index in [1.807, 2.05) is 19.1 Å². The molecule has 0 bridgehead atoms. The smallest absolute Gasteiger partial charge is 0.307 e. The number of nitrogens with one attached hydrogen (secondary N) is 1. The fourth-order valence-corrected chi connectivity index (χ4v) is 0.604. The first-order valence-electron chi connectivity index (χ1n) is 3.74. The number of carbonyl (C=O) groups is 1. The van der Waals surface area contributed by atoms with Crippen molar-refractivity contribution in [3.05, 3.63) is 0 Å². The normalized spacial score (nSPS) is 10.2. The van der Waals surface area contributed by atoms with Crippen LogP contribution >= 0.6 is 0 Å². The van der Waals surface area contributed by atoms with Crippen molar-refractivity contribution in [2.45, 2.75) is 13.3 Å². The van der Waals surface area contributed by atoms with Crippen LogP contribution in [-0.4, -0.2) is 38.2 Å². The summed E-state index contributed by atoms with van der Waals surface area (Å²) < 4.78 is 4.74. The molecule has 0 amide bonds. The first kappa shape index (κ1) is 10.4. The highest BCUT2D eigenvalue weighted by molar-refractivity contribution is 5.69. The average Bonchev–Trinajstić information content (AvgIpc) is 2.01. The molecular formula is C7H16N2O2. The van der Waals surface area contributed by atoms with Crippen molar-refractivity contribution < 1.29 is 9.53 Å². The maximum absolute atomic E-state index is 10.8. The van der Waals surface area contributed by atoms with Gasteiger partial charge in [-0.05, 0) is 14.0 Å². The Bertz CT molecular complexity index is 117. The molecule has 0 aliphatic rings. The molecule has 4 nitrogen and oxygen atoms in total. The number of esters is 1. The van der Waals surface area contributed by atoms with E-state index in [1.165, 1.54) is 0 Å². The van der Waals surface area contributed by atoms with Crippen molar-refractivity contribution in [1.82, 2.24) is 10.4 Å². The van der Waals surface area contributed by atoms with E-state index >= 15 is 0 Å². The third kappa shape index (κ3) is 5.82. The number of carbonyl (C=O) groups excluding carboxylic acids is 1. The van der Waals surface area contributed by atoms with Gasteiger partial charge in [-0.3, -0.25) is 10.2 Å². The Morgan fingerprint density at radius 1 is 1.64 bits per heavy atom. The SMILES string of the molecule is CCOC(=O)CCN(C)NC. The van der Waals surface area contributed by atoms with Gasteiger partial charge in [0.05, 0.1) is 13.0 Å². The van der Waals surface area contributed by atoms with Crippen LogP contribution in [0.25, 0.3) is 0 Å². The van der Waals surface area contributed by atoms with Crippen molar-refractivity contribution in [1.29, 1.82) is 0 Å². The standard InChI is InChI=1S/C7H16N2O2/c1-4-11-7(10)5-6-9(3)8-2/h8H,4-6H2,1-3H3.